The average Bonchev–Trinajstić information content (AvgIpc) is 3.06. The standard InChI is InChI=1S/C26H32N2O5/c1-6-27(7-2)12-13-28-23(18-10-11-20(29)21(15-18)33-5)22(25(31)26(28)32)24(30)19-14-16(3)8-9-17(19)4/h8-11,14-15,23,29-30H,6-7,12-13H2,1-5H3. The number of ether oxygens (including phenoxy) is 1. The number of methoxy groups -OCH3 is 1. The third-order valence-corrected chi connectivity index (χ3v) is 6.26. The highest BCUT2D eigenvalue weighted by atomic mass is 16.5. The number of aromatic hydroxyl groups is 1. The number of likely N-dealkylation sites (tertiary alicyclic amines) is 1. The van der Waals surface area contributed by atoms with E-state index in [1.165, 1.54) is 18.1 Å². The molecule has 1 fully saturated rings. The SMILES string of the molecule is CCN(CC)CCN1C(=O)C(=O)C(=C(O)c2cc(C)ccc2C)C1c1ccc(O)c(OC)c1. The number of nitrogens with zero attached hydrogens (tertiary/aromatic N) is 2. The van der Waals surface area contributed by atoms with E-state index >= 15 is 0 Å². The van der Waals surface area contributed by atoms with Crippen molar-refractivity contribution in [1.29, 1.82) is 0 Å². The Morgan fingerprint density at radius 2 is 1.79 bits per heavy atom. The highest BCUT2D eigenvalue weighted by Gasteiger charge is 2.46. The van der Waals surface area contributed by atoms with Crippen LogP contribution in [0.5, 0.6) is 11.5 Å². The number of hydrogen-bond acceptors (Lipinski definition) is 6. The van der Waals surface area contributed by atoms with E-state index in [1.807, 2.05) is 45.9 Å². The van der Waals surface area contributed by atoms with Gasteiger partial charge in [0.15, 0.2) is 11.5 Å². The quantitative estimate of drug-likeness (QED) is 0.360. The fourth-order valence-electron chi connectivity index (χ4n) is 4.25. The Kier molecular flexibility index (Phi) is 7.43. The van der Waals surface area contributed by atoms with Crippen LogP contribution in [0.3, 0.4) is 0 Å². The minimum absolute atomic E-state index is 0.0426. The topological polar surface area (TPSA) is 90.3 Å². The molecule has 7 nitrogen and oxygen atoms in total. The van der Waals surface area contributed by atoms with Crippen molar-refractivity contribution >= 4 is 17.4 Å². The Balaban J connectivity index is 2.19. The molecule has 0 spiro atoms. The number of phenolic OH excluding ortho intramolecular Hbond substituents is 1. The largest absolute Gasteiger partial charge is 0.507 e. The molecule has 2 aromatic rings. The molecular weight excluding hydrogens is 420 g/mol. The van der Waals surface area contributed by atoms with E-state index in [4.69, 9.17) is 4.74 Å². The second kappa shape index (κ2) is 10.1. The highest BCUT2D eigenvalue weighted by molar-refractivity contribution is 6.46. The van der Waals surface area contributed by atoms with Crippen molar-refractivity contribution in [2.75, 3.05) is 33.3 Å². The van der Waals surface area contributed by atoms with Gasteiger partial charge in [-0.25, -0.2) is 0 Å². The molecule has 0 saturated carbocycles. The molecule has 176 valence electrons. The number of ketones is 1. The molecule has 0 aliphatic carbocycles. The molecule has 1 unspecified atom stereocenters. The lowest BCUT2D eigenvalue weighted by Crippen LogP contribution is -2.38. The number of Topliss-reactive ketones (excluding diaryl/α,β-unsaturated/α-hetero) is 1. The molecule has 2 N–H and O–H groups in total. The maximum Gasteiger partial charge on any atom is 0.295 e. The highest BCUT2D eigenvalue weighted by Crippen LogP contribution is 2.42. The number of amides is 1. The van der Waals surface area contributed by atoms with Crippen LogP contribution in [0.25, 0.3) is 5.76 Å². The van der Waals surface area contributed by atoms with Crippen LogP contribution in [-0.2, 0) is 9.59 Å². The van der Waals surface area contributed by atoms with Crippen molar-refractivity contribution in [1.82, 2.24) is 9.80 Å². The van der Waals surface area contributed by atoms with Gasteiger partial charge in [-0.1, -0.05) is 37.6 Å². The van der Waals surface area contributed by atoms with Gasteiger partial charge in [0.05, 0.1) is 18.7 Å². The van der Waals surface area contributed by atoms with Crippen LogP contribution < -0.4 is 4.74 Å². The van der Waals surface area contributed by atoms with Crippen LogP contribution >= 0.6 is 0 Å². The normalized spacial score (nSPS) is 17.8. The molecule has 1 heterocycles. The third kappa shape index (κ3) is 4.73. The van der Waals surface area contributed by atoms with Gasteiger partial charge in [-0.05, 0) is 56.3 Å². The summed E-state index contributed by atoms with van der Waals surface area (Å²) in [5, 5.41) is 21.4. The monoisotopic (exact) mass is 452 g/mol. The molecule has 3 rings (SSSR count). The van der Waals surface area contributed by atoms with E-state index in [9.17, 15) is 19.8 Å². The first-order valence-corrected chi connectivity index (χ1v) is 11.2. The second-order valence-corrected chi connectivity index (χ2v) is 8.27. The predicted octanol–water partition coefficient (Wildman–Crippen LogP) is 3.78. The second-order valence-electron chi connectivity index (χ2n) is 8.27. The Labute approximate surface area is 194 Å². The number of hydrogen-bond donors (Lipinski definition) is 2. The summed E-state index contributed by atoms with van der Waals surface area (Å²) in [5.74, 6) is -1.38. The van der Waals surface area contributed by atoms with E-state index in [0.29, 0.717) is 24.2 Å². The molecule has 7 heteroatoms. The number of likely N-dealkylation sites (N-methyl/N-ethyl adjacent to an activating group) is 1. The van der Waals surface area contributed by atoms with E-state index in [-0.39, 0.29) is 22.8 Å². The summed E-state index contributed by atoms with van der Waals surface area (Å²) in [6, 6.07) is 9.53. The van der Waals surface area contributed by atoms with Crippen molar-refractivity contribution in [3.05, 3.63) is 64.2 Å². The summed E-state index contributed by atoms with van der Waals surface area (Å²) < 4.78 is 5.26. The molecule has 0 radical (unpaired) electrons. The van der Waals surface area contributed by atoms with Crippen LogP contribution in [0.15, 0.2) is 42.0 Å². The van der Waals surface area contributed by atoms with E-state index in [1.54, 1.807) is 12.1 Å². The zero-order valence-electron chi connectivity index (χ0n) is 19.9. The number of rotatable bonds is 8. The van der Waals surface area contributed by atoms with Gasteiger partial charge >= 0.3 is 0 Å². The Morgan fingerprint density at radius 1 is 1.09 bits per heavy atom. The minimum Gasteiger partial charge on any atom is -0.507 e. The van der Waals surface area contributed by atoms with Gasteiger partial charge in [0, 0.05) is 18.7 Å². The lowest BCUT2D eigenvalue weighted by atomic mass is 9.93. The van der Waals surface area contributed by atoms with Gasteiger partial charge in [-0.3, -0.25) is 9.59 Å². The molecule has 33 heavy (non-hydrogen) atoms. The fraction of sp³-hybridized carbons (Fsp3) is 0.385. The van der Waals surface area contributed by atoms with E-state index in [2.05, 4.69) is 4.90 Å². The molecule has 0 bridgehead atoms. The smallest absolute Gasteiger partial charge is 0.295 e. The van der Waals surface area contributed by atoms with Crippen LogP contribution in [0, 0.1) is 13.8 Å². The Morgan fingerprint density at radius 3 is 2.42 bits per heavy atom. The predicted molar refractivity (Wildman–Crippen MR) is 127 cm³/mol. The van der Waals surface area contributed by atoms with Gasteiger partial charge in [0.25, 0.3) is 11.7 Å². The summed E-state index contributed by atoms with van der Waals surface area (Å²) >= 11 is 0. The zero-order valence-corrected chi connectivity index (χ0v) is 19.9. The van der Waals surface area contributed by atoms with Crippen molar-refractivity contribution in [2.24, 2.45) is 0 Å². The molecule has 1 atom stereocenters. The van der Waals surface area contributed by atoms with Gasteiger partial charge in [-0.15, -0.1) is 0 Å². The van der Waals surface area contributed by atoms with Crippen LogP contribution in [0.4, 0.5) is 0 Å². The van der Waals surface area contributed by atoms with Crippen molar-refractivity contribution in [2.45, 2.75) is 33.7 Å². The van der Waals surface area contributed by atoms with E-state index < -0.39 is 17.7 Å². The first-order valence-electron chi connectivity index (χ1n) is 11.2. The lowest BCUT2D eigenvalue weighted by molar-refractivity contribution is -0.140. The summed E-state index contributed by atoms with van der Waals surface area (Å²) in [7, 11) is 1.44. The van der Waals surface area contributed by atoms with Crippen molar-refractivity contribution < 1.29 is 24.5 Å². The summed E-state index contributed by atoms with van der Waals surface area (Å²) in [6.45, 7) is 10.4. The maximum atomic E-state index is 13.2. The number of carbonyl (C=O) groups excluding carboxylic acids is 2. The van der Waals surface area contributed by atoms with Crippen LogP contribution in [-0.4, -0.2) is 65.0 Å². The van der Waals surface area contributed by atoms with E-state index in [0.717, 1.165) is 24.2 Å². The number of aryl methyl sites for hydroxylation is 2. The average molecular weight is 453 g/mol. The fourth-order valence-corrected chi connectivity index (χ4v) is 4.25. The van der Waals surface area contributed by atoms with Gasteiger partial charge < -0.3 is 24.7 Å². The van der Waals surface area contributed by atoms with Gasteiger partial charge in [-0.2, -0.15) is 0 Å². The number of aliphatic hydroxyl groups excluding tert-OH is 1. The van der Waals surface area contributed by atoms with Gasteiger partial charge in [0.2, 0.25) is 0 Å². The van der Waals surface area contributed by atoms with Crippen molar-refractivity contribution in [3.63, 3.8) is 0 Å². The molecule has 1 saturated heterocycles. The van der Waals surface area contributed by atoms with Crippen LogP contribution in [0.1, 0.15) is 42.1 Å². The summed E-state index contributed by atoms with van der Waals surface area (Å²) in [4.78, 5) is 30.0. The first-order chi connectivity index (χ1) is 15.7. The molecular formula is C26H32N2O5. The number of benzene rings is 2. The summed E-state index contributed by atoms with van der Waals surface area (Å²) in [6.07, 6.45) is 0. The number of aliphatic hydroxyl groups is 1. The maximum absolute atomic E-state index is 13.2. The first kappa shape index (κ1) is 24.3. The molecule has 0 aromatic heterocycles. The lowest BCUT2D eigenvalue weighted by Gasteiger charge is -2.28. The van der Waals surface area contributed by atoms with Crippen molar-refractivity contribution in [3.8, 4) is 11.5 Å². The Bertz CT molecular complexity index is 1090. The number of carbonyl (C=O) groups is 2. The third-order valence-electron chi connectivity index (χ3n) is 6.26. The zero-order chi connectivity index (χ0) is 24.3. The molecule has 1 aliphatic heterocycles. The minimum atomic E-state index is -0.796. The van der Waals surface area contributed by atoms with Gasteiger partial charge in [0.1, 0.15) is 5.76 Å². The molecule has 2 aromatic carbocycles. The van der Waals surface area contributed by atoms with Crippen LogP contribution in [0.2, 0.25) is 0 Å². The molecule has 1 amide bonds. The summed E-state index contributed by atoms with van der Waals surface area (Å²) in [5.41, 5.74) is 2.87. The Hall–Kier alpha value is -3.32. The number of phenols is 1. The molecule has 1 aliphatic rings.